The number of amides is 3. The van der Waals surface area contributed by atoms with E-state index in [1.54, 1.807) is 38.4 Å². The maximum Gasteiger partial charge on any atom is 0.289 e. The fourth-order valence-corrected chi connectivity index (χ4v) is 2.50. The summed E-state index contributed by atoms with van der Waals surface area (Å²) in [5.41, 5.74) is 1.33. The second-order valence-corrected chi connectivity index (χ2v) is 5.36. The molecule has 1 aliphatic heterocycles. The van der Waals surface area contributed by atoms with E-state index >= 15 is 0 Å². The summed E-state index contributed by atoms with van der Waals surface area (Å²) >= 11 is 1.01. The van der Waals surface area contributed by atoms with Crippen molar-refractivity contribution in [3.05, 3.63) is 35.4 Å². The highest BCUT2D eigenvalue weighted by Crippen LogP contribution is 2.21. The average molecular weight is 278 g/mol. The van der Waals surface area contributed by atoms with Gasteiger partial charge in [0.2, 0.25) is 5.91 Å². The second-order valence-electron chi connectivity index (χ2n) is 4.43. The predicted octanol–water partition coefficient (Wildman–Crippen LogP) is 1.58. The van der Waals surface area contributed by atoms with Crippen LogP contribution in [0.5, 0.6) is 0 Å². The van der Waals surface area contributed by atoms with Crippen LogP contribution >= 0.6 is 11.8 Å². The van der Waals surface area contributed by atoms with E-state index in [9.17, 15) is 14.4 Å². The quantitative estimate of drug-likeness (QED) is 0.842. The van der Waals surface area contributed by atoms with Gasteiger partial charge in [0.05, 0.1) is 12.3 Å². The first-order valence-electron chi connectivity index (χ1n) is 5.77. The molecule has 1 aromatic rings. The summed E-state index contributed by atoms with van der Waals surface area (Å²) in [7, 11) is 3.36. The van der Waals surface area contributed by atoms with E-state index in [0.29, 0.717) is 5.56 Å². The molecule has 0 N–H and O–H groups in total. The zero-order valence-electron chi connectivity index (χ0n) is 10.8. The van der Waals surface area contributed by atoms with Crippen molar-refractivity contribution in [1.82, 2.24) is 9.80 Å². The fraction of sp³-hybridized carbons (Fsp3) is 0.308. The van der Waals surface area contributed by atoms with Crippen LogP contribution in [0.3, 0.4) is 0 Å². The third-order valence-electron chi connectivity index (χ3n) is 2.76. The van der Waals surface area contributed by atoms with E-state index in [1.165, 1.54) is 9.80 Å². The maximum absolute atomic E-state index is 11.8. The third kappa shape index (κ3) is 2.96. The van der Waals surface area contributed by atoms with Gasteiger partial charge >= 0.3 is 0 Å². The highest BCUT2D eigenvalue weighted by Gasteiger charge is 2.29. The first kappa shape index (κ1) is 13.6. The lowest BCUT2D eigenvalue weighted by Crippen LogP contribution is -2.28. The summed E-state index contributed by atoms with van der Waals surface area (Å²) in [4.78, 5) is 37.6. The molecule has 1 fully saturated rings. The molecule has 5 nitrogen and oxygen atoms in total. The highest BCUT2D eigenvalue weighted by atomic mass is 32.2. The molecule has 1 aliphatic rings. The van der Waals surface area contributed by atoms with Gasteiger partial charge in [0.25, 0.3) is 11.1 Å². The number of benzene rings is 1. The topological polar surface area (TPSA) is 57.7 Å². The lowest BCUT2D eigenvalue weighted by atomic mass is 10.1. The standard InChI is InChI=1S/C13H14N2O3S/c1-14(2)12(17)10-5-3-4-9(6-10)7-15-11(16)8-19-13(15)18/h3-6H,7-8H2,1-2H3. The van der Waals surface area contributed by atoms with Crippen LogP contribution in [-0.4, -0.2) is 46.7 Å². The fourth-order valence-electron chi connectivity index (χ4n) is 1.78. The van der Waals surface area contributed by atoms with E-state index < -0.39 is 0 Å². The average Bonchev–Trinajstić information content (AvgIpc) is 2.70. The van der Waals surface area contributed by atoms with Crippen LogP contribution in [-0.2, 0) is 11.3 Å². The molecule has 6 heteroatoms. The van der Waals surface area contributed by atoms with Crippen molar-refractivity contribution in [3.8, 4) is 0 Å². The Labute approximate surface area is 115 Å². The first-order chi connectivity index (χ1) is 8.99. The van der Waals surface area contributed by atoms with Gasteiger partial charge in [-0.3, -0.25) is 19.3 Å². The van der Waals surface area contributed by atoms with Crippen LogP contribution in [0.1, 0.15) is 15.9 Å². The normalized spacial score (nSPS) is 14.9. The van der Waals surface area contributed by atoms with Crippen molar-refractivity contribution in [2.24, 2.45) is 0 Å². The zero-order chi connectivity index (χ0) is 14.0. The van der Waals surface area contributed by atoms with Crippen LogP contribution in [0.2, 0.25) is 0 Å². The van der Waals surface area contributed by atoms with Gasteiger partial charge in [-0.05, 0) is 17.7 Å². The van der Waals surface area contributed by atoms with Crippen LogP contribution < -0.4 is 0 Å². The summed E-state index contributed by atoms with van der Waals surface area (Å²) < 4.78 is 0. The Bertz CT molecular complexity index is 526. The largest absolute Gasteiger partial charge is 0.345 e. The summed E-state index contributed by atoms with van der Waals surface area (Å²) in [6.07, 6.45) is 0. The molecular formula is C13H14N2O3S. The first-order valence-corrected chi connectivity index (χ1v) is 6.75. The number of nitrogens with zero attached hydrogens (tertiary/aromatic N) is 2. The molecule has 0 unspecified atom stereocenters. The summed E-state index contributed by atoms with van der Waals surface area (Å²) in [6, 6.07) is 6.99. The van der Waals surface area contributed by atoms with Gasteiger partial charge in [-0.25, -0.2) is 0 Å². The Morgan fingerprint density at radius 3 is 2.68 bits per heavy atom. The van der Waals surface area contributed by atoms with Crippen molar-refractivity contribution < 1.29 is 14.4 Å². The van der Waals surface area contributed by atoms with Crippen LogP contribution in [0.4, 0.5) is 4.79 Å². The number of imide groups is 1. The van der Waals surface area contributed by atoms with E-state index in [2.05, 4.69) is 0 Å². The van der Waals surface area contributed by atoms with Gasteiger partial charge in [-0.15, -0.1) is 0 Å². The van der Waals surface area contributed by atoms with E-state index in [1.807, 2.05) is 0 Å². The number of hydrogen-bond acceptors (Lipinski definition) is 4. The van der Waals surface area contributed by atoms with Gasteiger partial charge in [0.1, 0.15) is 0 Å². The Morgan fingerprint density at radius 2 is 2.11 bits per heavy atom. The number of carbonyl (C=O) groups is 3. The molecule has 100 valence electrons. The Hall–Kier alpha value is -1.82. The Kier molecular flexibility index (Phi) is 3.90. The smallest absolute Gasteiger partial charge is 0.289 e. The molecule has 0 saturated carbocycles. The minimum absolute atomic E-state index is 0.102. The zero-order valence-corrected chi connectivity index (χ0v) is 11.6. The van der Waals surface area contributed by atoms with Crippen LogP contribution in [0.15, 0.2) is 24.3 Å². The molecule has 1 aromatic carbocycles. The summed E-state index contributed by atoms with van der Waals surface area (Å²) in [5, 5.41) is -0.227. The minimum atomic E-state index is -0.227. The number of hydrogen-bond donors (Lipinski definition) is 0. The molecule has 19 heavy (non-hydrogen) atoms. The van der Waals surface area contributed by atoms with E-state index in [4.69, 9.17) is 0 Å². The van der Waals surface area contributed by atoms with Gasteiger partial charge < -0.3 is 4.90 Å². The SMILES string of the molecule is CN(C)C(=O)c1cccc(CN2C(=O)CSC2=O)c1. The van der Waals surface area contributed by atoms with Gasteiger partial charge in [0, 0.05) is 19.7 Å². The van der Waals surface area contributed by atoms with Crippen molar-refractivity contribution in [3.63, 3.8) is 0 Å². The molecule has 0 spiro atoms. The van der Waals surface area contributed by atoms with Crippen molar-refractivity contribution in [1.29, 1.82) is 0 Å². The van der Waals surface area contributed by atoms with Crippen LogP contribution in [0, 0.1) is 0 Å². The maximum atomic E-state index is 11.8. The molecule has 2 rings (SSSR count). The van der Waals surface area contributed by atoms with Gasteiger partial charge in [-0.2, -0.15) is 0 Å². The van der Waals surface area contributed by atoms with E-state index in [-0.39, 0.29) is 29.4 Å². The molecule has 0 atom stereocenters. The number of carbonyl (C=O) groups excluding carboxylic acids is 3. The van der Waals surface area contributed by atoms with Crippen LogP contribution in [0.25, 0.3) is 0 Å². The van der Waals surface area contributed by atoms with Gasteiger partial charge in [0.15, 0.2) is 0 Å². The third-order valence-corrected chi connectivity index (χ3v) is 3.62. The molecule has 1 heterocycles. The summed E-state index contributed by atoms with van der Waals surface area (Å²) in [6.45, 7) is 0.221. The lowest BCUT2D eigenvalue weighted by molar-refractivity contribution is -0.125. The van der Waals surface area contributed by atoms with Crippen molar-refractivity contribution >= 4 is 28.8 Å². The lowest BCUT2D eigenvalue weighted by Gasteiger charge is -2.14. The molecule has 0 aliphatic carbocycles. The Morgan fingerprint density at radius 1 is 1.37 bits per heavy atom. The van der Waals surface area contributed by atoms with Gasteiger partial charge in [-0.1, -0.05) is 23.9 Å². The molecule has 3 amide bonds. The summed E-state index contributed by atoms with van der Waals surface area (Å²) in [5.74, 6) is -0.0792. The highest BCUT2D eigenvalue weighted by molar-refractivity contribution is 8.14. The predicted molar refractivity (Wildman–Crippen MR) is 72.9 cm³/mol. The molecule has 1 saturated heterocycles. The monoisotopic (exact) mass is 278 g/mol. The van der Waals surface area contributed by atoms with E-state index in [0.717, 1.165) is 17.3 Å². The second kappa shape index (κ2) is 5.44. The molecule has 0 radical (unpaired) electrons. The number of rotatable bonds is 3. The molecular weight excluding hydrogens is 264 g/mol. The minimum Gasteiger partial charge on any atom is -0.345 e. The Balaban J connectivity index is 2.18. The molecule has 0 bridgehead atoms. The number of thioether (sulfide) groups is 1. The molecule has 0 aromatic heterocycles. The van der Waals surface area contributed by atoms with Crippen molar-refractivity contribution in [2.75, 3.05) is 19.8 Å². The van der Waals surface area contributed by atoms with Crippen molar-refractivity contribution in [2.45, 2.75) is 6.54 Å².